The lowest BCUT2D eigenvalue weighted by atomic mass is 10.1. The van der Waals surface area contributed by atoms with E-state index in [0.717, 1.165) is 30.8 Å². The van der Waals surface area contributed by atoms with Gasteiger partial charge < -0.3 is 9.62 Å². The van der Waals surface area contributed by atoms with E-state index in [2.05, 4.69) is 35.9 Å². The van der Waals surface area contributed by atoms with E-state index in [-0.39, 0.29) is 5.91 Å². The second-order valence-electron chi connectivity index (χ2n) is 5.76. The minimum Gasteiger partial charge on any atom is -0.324 e. The maximum Gasteiger partial charge on any atom is 0.227 e. The monoisotopic (exact) mass is 326 g/mol. The fourth-order valence-electron chi connectivity index (χ4n) is 2.82. The van der Waals surface area contributed by atoms with E-state index in [1.54, 1.807) is 11.9 Å². The molecule has 2 aromatic rings. The first-order chi connectivity index (χ1) is 11.3. The number of hydrogen-bond donors (Lipinski definition) is 1. The fraction of sp³-hybridized carbons (Fsp3) is 0.316. The number of hydrogen-bond acceptors (Lipinski definition) is 3. The van der Waals surface area contributed by atoms with Crippen LogP contribution in [0.3, 0.4) is 0 Å². The Balaban J connectivity index is 1.69. The lowest BCUT2D eigenvalue weighted by Gasteiger charge is -2.20. The van der Waals surface area contributed by atoms with Gasteiger partial charge in [0.25, 0.3) is 0 Å². The van der Waals surface area contributed by atoms with Crippen LogP contribution in [0, 0.1) is 0 Å². The molecule has 23 heavy (non-hydrogen) atoms. The Hall–Kier alpha value is -1.94. The molecule has 0 atom stereocenters. The van der Waals surface area contributed by atoms with Crippen molar-refractivity contribution in [3.05, 3.63) is 54.1 Å². The third kappa shape index (κ3) is 3.88. The van der Waals surface area contributed by atoms with E-state index in [4.69, 9.17) is 0 Å². The number of carbonyl (C=O) groups excluding carboxylic acids is 1. The summed E-state index contributed by atoms with van der Waals surface area (Å²) in [7, 11) is 0. The van der Waals surface area contributed by atoms with Crippen molar-refractivity contribution in [2.45, 2.75) is 37.5 Å². The summed E-state index contributed by atoms with van der Waals surface area (Å²) in [6, 6.07) is 16.7. The van der Waals surface area contributed by atoms with Gasteiger partial charge >= 0.3 is 0 Å². The summed E-state index contributed by atoms with van der Waals surface area (Å²) >= 11 is 1.59. The van der Waals surface area contributed by atoms with Gasteiger partial charge in [-0.15, -0.1) is 0 Å². The zero-order valence-electron chi connectivity index (χ0n) is 13.4. The molecule has 1 fully saturated rings. The molecule has 0 bridgehead atoms. The number of rotatable bonds is 6. The molecule has 4 heteroatoms. The molecule has 1 aliphatic heterocycles. The Morgan fingerprint density at radius 3 is 2.61 bits per heavy atom. The van der Waals surface area contributed by atoms with Crippen LogP contribution < -0.4 is 9.62 Å². The van der Waals surface area contributed by atoms with Gasteiger partial charge in [0.15, 0.2) is 0 Å². The van der Waals surface area contributed by atoms with E-state index < -0.39 is 0 Å². The van der Waals surface area contributed by atoms with Crippen molar-refractivity contribution in [1.29, 1.82) is 0 Å². The predicted octanol–water partition coefficient (Wildman–Crippen LogP) is 4.89. The fourth-order valence-corrected chi connectivity index (χ4v) is 3.50. The molecule has 0 radical (unpaired) electrons. The first-order valence-electron chi connectivity index (χ1n) is 8.19. The number of nitrogens with one attached hydrogen (secondary N) is 1. The van der Waals surface area contributed by atoms with Crippen molar-refractivity contribution in [2.24, 2.45) is 0 Å². The van der Waals surface area contributed by atoms with E-state index in [9.17, 15) is 4.79 Å². The van der Waals surface area contributed by atoms with Crippen LogP contribution in [0.5, 0.6) is 0 Å². The molecule has 3 nitrogen and oxygen atoms in total. The number of para-hydroxylation sites is 2. The quantitative estimate of drug-likeness (QED) is 0.768. The molecule has 1 amide bonds. The summed E-state index contributed by atoms with van der Waals surface area (Å²) < 4.78 is 3.40. The highest BCUT2D eigenvalue weighted by Gasteiger charge is 2.23. The summed E-state index contributed by atoms with van der Waals surface area (Å²) in [4.78, 5) is 15.0. The molecule has 1 saturated heterocycles. The first-order valence-corrected chi connectivity index (χ1v) is 9.01. The second kappa shape index (κ2) is 7.55. The van der Waals surface area contributed by atoms with Crippen LogP contribution in [0.1, 0.15) is 31.7 Å². The molecule has 120 valence electrons. The lowest BCUT2D eigenvalue weighted by molar-refractivity contribution is -0.117. The molecule has 1 N–H and O–H groups in total. The Morgan fingerprint density at radius 2 is 1.91 bits per heavy atom. The Kier molecular flexibility index (Phi) is 5.23. The number of nitrogens with zero attached hydrogens (tertiary/aromatic N) is 1. The summed E-state index contributed by atoms with van der Waals surface area (Å²) in [6.07, 6.45) is 3.89. The number of benzene rings is 2. The van der Waals surface area contributed by atoms with Crippen molar-refractivity contribution in [1.82, 2.24) is 0 Å². The number of carbonyl (C=O) groups is 1. The van der Waals surface area contributed by atoms with Gasteiger partial charge in [0.1, 0.15) is 0 Å². The maximum atomic E-state index is 12.0. The van der Waals surface area contributed by atoms with Gasteiger partial charge in [0.2, 0.25) is 5.91 Å². The summed E-state index contributed by atoms with van der Waals surface area (Å²) in [5.74, 6) is 0.216. The van der Waals surface area contributed by atoms with Crippen LogP contribution in [0.2, 0.25) is 0 Å². The average Bonchev–Trinajstić information content (AvgIpc) is 3.01. The zero-order chi connectivity index (χ0) is 16.1. The standard InChI is InChI=1S/C19H22N2OS/c1-2-6-15-10-12-16(13-11-15)23-20-17-7-3-4-8-18(17)21-14-5-9-19(21)22/h3-4,7-8,10-13,20H,2,5-6,9,14H2,1H3. The topological polar surface area (TPSA) is 32.3 Å². The van der Waals surface area contributed by atoms with Gasteiger partial charge in [-0.2, -0.15) is 0 Å². The predicted molar refractivity (Wildman–Crippen MR) is 97.9 cm³/mol. The van der Waals surface area contributed by atoms with Crippen molar-refractivity contribution >= 4 is 29.2 Å². The van der Waals surface area contributed by atoms with E-state index in [0.29, 0.717) is 6.42 Å². The third-order valence-corrected chi connectivity index (χ3v) is 4.84. The van der Waals surface area contributed by atoms with Gasteiger partial charge in [-0.25, -0.2) is 0 Å². The smallest absolute Gasteiger partial charge is 0.227 e. The van der Waals surface area contributed by atoms with E-state index >= 15 is 0 Å². The Morgan fingerprint density at radius 1 is 1.13 bits per heavy atom. The summed E-state index contributed by atoms with van der Waals surface area (Å²) in [6.45, 7) is 3.01. The van der Waals surface area contributed by atoms with Crippen molar-refractivity contribution in [2.75, 3.05) is 16.2 Å². The second-order valence-corrected chi connectivity index (χ2v) is 6.64. The van der Waals surface area contributed by atoms with Crippen molar-refractivity contribution in [3.8, 4) is 0 Å². The summed E-state index contributed by atoms with van der Waals surface area (Å²) in [5.41, 5.74) is 3.34. The molecule has 1 heterocycles. The van der Waals surface area contributed by atoms with Crippen LogP contribution in [0.25, 0.3) is 0 Å². The Bertz CT molecular complexity index is 669. The number of anilines is 2. The van der Waals surface area contributed by atoms with Gasteiger partial charge in [-0.05, 0) is 54.6 Å². The highest BCUT2D eigenvalue weighted by molar-refractivity contribution is 8.00. The molecule has 0 unspecified atom stereocenters. The molecular formula is C19H22N2OS. The molecular weight excluding hydrogens is 304 g/mol. The van der Waals surface area contributed by atoms with Crippen LogP contribution in [-0.4, -0.2) is 12.5 Å². The van der Waals surface area contributed by atoms with Crippen molar-refractivity contribution in [3.63, 3.8) is 0 Å². The SMILES string of the molecule is CCCc1ccc(SNc2ccccc2N2CCCC2=O)cc1. The van der Waals surface area contributed by atoms with Crippen LogP contribution >= 0.6 is 11.9 Å². The van der Waals surface area contributed by atoms with E-state index in [1.807, 2.05) is 29.2 Å². The third-order valence-electron chi connectivity index (χ3n) is 4.01. The zero-order valence-corrected chi connectivity index (χ0v) is 14.2. The molecule has 0 aromatic heterocycles. The Labute approximate surface area is 142 Å². The number of aryl methyl sites for hydroxylation is 1. The molecule has 0 spiro atoms. The highest BCUT2D eigenvalue weighted by Crippen LogP contribution is 2.32. The van der Waals surface area contributed by atoms with Crippen LogP contribution in [-0.2, 0) is 11.2 Å². The minimum absolute atomic E-state index is 0.216. The highest BCUT2D eigenvalue weighted by atomic mass is 32.2. The minimum atomic E-state index is 0.216. The van der Waals surface area contributed by atoms with Gasteiger partial charge in [-0.1, -0.05) is 37.6 Å². The average molecular weight is 326 g/mol. The molecule has 3 rings (SSSR count). The molecule has 0 aliphatic carbocycles. The molecule has 0 saturated carbocycles. The van der Waals surface area contributed by atoms with Gasteiger partial charge in [0, 0.05) is 17.9 Å². The normalized spacial score (nSPS) is 14.3. The van der Waals surface area contributed by atoms with Gasteiger partial charge in [-0.3, -0.25) is 4.79 Å². The van der Waals surface area contributed by atoms with Crippen LogP contribution in [0.4, 0.5) is 11.4 Å². The maximum absolute atomic E-state index is 12.0. The lowest BCUT2D eigenvalue weighted by Crippen LogP contribution is -2.24. The molecule has 1 aliphatic rings. The largest absolute Gasteiger partial charge is 0.324 e. The first kappa shape index (κ1) is 15.9. The van der Waals surface area contributed by atoms with Crippen molar-refractivity contribution < 1.29 is 4.79 Å². The van der Waals surface area contributed by atoms with E-state index in [1.165, 1.54) is 16.9 Å². The molecule has 2 aromatic carbocycles. The number of amides is 1. The summed E-state index contributed by atoms with van der Waals surface area (Å²) in [5, 5.41) is 0. The van der Waals surface area contributed by atoms with Crippen LogP contribution in [0.15, 0.2) is 53.4 Å². The van der Waals surface area contributed by atoms with Gasteiger partial charge in [0.05, 0.1) is 11.4 Å².